The topological polar surface area (TPSA) is 15.3 Å². The molecule has 5 heteroatoms. The molecule has 2 rings (SSSR count). The fourth-order valence-electron chi connectivity index (χ4n) is 1.82. The van der Waals surface area contributed by atoms with Gasteiger partial charge in [0.1, 0.15) is 0 Å². The number of nitrogens with zero attached hydrogens (tertiary/aromatic N) is 1. The lowest BCUT2D eigenvalue weighted by Gasteiger charge is -2.14. The maximum Gasteiger partial charge on any atom is 0.416 e. The van der Waals surface area contributed by atoms with E-state index in [1.54, 1.807) is 0 Å². The van der Waals surface area contributed by atoms with Crippen molar-refractivity contribution in [2.75, 3.05) is 25.5 Å². The van der Waals surface area contributed by atoms with Gasteiger partial charge in [0.05, 0.1) is 5.56 Å². The third-order valence-electron chi connectivity index (χ3n) is 2.68. The van der Waals surface area contributed by atoms with Crippen LogP contribution in [0.25, 0.3) is 0 Å². The number of halogens is 3. The number of fused-ring (bicyclic) bond motifs is 1. The predicted molar refractivity (Wildman–Crippen MR) is 56.3 cm³/mol. The summed E-state index contributed by atoms with van der Waals surface area (Å²) in [6, 6.07) is 3.86. The number of benzene rings is 1. The Labute approximate surface area is 92.1 Å². The Morgan fingerprint density at radius 2 is 2.06 bits per heavy atom. The van der Waals surface area contributed by atoms with Crippen LogP contribution in [0.4, 0.5) is 18.9 Å². The average Bonchev–Trinajstić information content (AvgIpc) is 2.35. The molecular formula is C11H13F3N2. The number of hydrogen-bond acceptors (Lipinski definition) is 2. The van der Waals surface area contributed by atoms with E-state index in [2.05, 4.69) is 5.32 Å². The Kier molecular flexibility index (Phi) is 2.80. The van der Waals surface area contributed by atoms with Crippen molar-refractivity contribution >= 4 is 5.69 Å². The zero-order chi connectivity index (χ0) is 11.8. The monoisotopic (exact) mass is 230 g/mol. The molecule has 2 nitrogen and oxygen atoms in total. The molecule has 1 aliphatic rings. The van der Waals surface area contributed by atoms with Gasteiger partial charge in [-0.15, -0.1) is 0 Å². The molecule has 1 heterocycles. The standard InChI is InChI=1S/C11H13F3N2/c1-16-5-4-15-10-3-2-9(11(12,13)14)6-8(10)7-16/h2-3,6,15H,4-5,7H2,1H3. The minimum Gasteiger partial charge on any atom is -0.383 e. The Morgan fingerprint density at radius 3 is 2.75 bits per heavy atom. The molecule has 16 heavy (non-hydrogen) atoms. The molecule has 1 aromatic rings. The van der Waals surface area contributed by atoms with Gasteiger partial charge in [-0.3, -0.25) is 0 Å². The first kappa shape index (κ1) is 11.3. The van der Waals surface area contributed by atoms with Crippen molar-refractivity contribution in [2.45, 2.75) is 12.7 Å². The number of likely N-dealkylation sites (N-methyl/N-ethyl adjacent to an activating group) is 1. The van der Waals surface area contributed by atoms with Gasteiger partial charge in [-0.1, -0.05) is 0 Å². The van der Waals surface area contributed by atoms with Gasteiger partial charge >= 0.3 is 6.18 Å². The van der Waals surface area contributed by atoms with E-state index < -0.39 is 11.7 Å². The summed E-state index contributed by atoms with van der Waals surface area (Å²) in [5.41, 5.74) is 0.926. The second-order valence-corrected chi connectivity index (χ2v) is 4.03. The van der Waals surface area contributed by atoms with Crippen molar-refractivity contribution < 1.29 is 13.2 Å². The first-order chi connectivity index (χ1) is 7.47. The van der Waals surface area contributed by atoms with Crippen molar-refractivity contribution in [3.05, 3.63) is 29.3 Å². The molecule has 1 aromatic carbocycles. The highest BCUT2D eigenvalue weighted by atomic mass is 19.4. The van der Waals surface area contributed by atoms with Crippen molar-refractivity contribution in [2.24, 2.45) is 0 Å². The summed E-state index contributed by atoms with van der Waals surface area (Å²) in [7, 11) is 1.90. The fourth-order valence-corrected chi connectivity index (χ4v) is 1.82. The van der Waals surface area contributed by atoms with Gasteiger partial charge in [0.25, 0.3) is 0 Å². The van der Waals surface area contributed by atoms with Crippen molar-refractivity contribution in [1.29, 1.82) is 0 Å². The van der Waals surface area contributed by atoms with E-state index in [1.165, 1.54) is 12.1 Å². The minimum absolute atomic E-state index is 0.548. The van der Waals surface area contributed by atoms with Crippen molar-refractivity contribution in [3.8, 4) is 0 Å². The Balaban J connectivity index is 2.37. The fraction of sp³-hybridized carbons (Fsp3) is 0.455. The molecule has 0 spiro atoms. The Morgan fingerprint density at radius 1 is 1.31 bits per heavy atom. The van der Waals surface area contributed by atoms with Crippen LogP contribution in [-0.2, 0) is 12.7 Å². The summed E-state index contributed by atoms with van der Waals surface area (Å²) in [4.78, 5) is 2.00. The first-order valence-electron chi connectivity index (χ1n) is 5.09. The molecule has 0 aliphatic carbocycles. The van der Waals surface area contributed by atoms with Crippen LogP contribution in [0.1, 0.15) is 11.1 Å². The molecule has 0 unspecified atom stereocenters. The maximum atomic E-state index is 12.5. The number of nitrogens with one attached hydrogen (secondary N) is 1. The molecule has 0 aromatic heterocycles. The van der Waals surface area contributed by atoms with Gasteiger partial charge in [-0.2, -0.15) is 13.2 Å². The summed E-state index contributed by atoms with van der Waals surface area (Å²) in [5.74, 6) is 0. The van der Waals surface area contributed by atoms with Gasteiger partial charge in [-0.05, 0) is 30.8 Å². The van der Waals surface area contributed by atoms with Gasteiger partial charge in [0.15, 0.2) is 0 Å². The van der Waals surface area contributed by atoms with Crippen molar-refractivity contribution in [1.82, 2.24) is 4.90 Å². The molecule has 0 saturated heterocycles. The molecule has 0 fully saturated rings. The molecule has 0 amide bonds. The Hall–Kier alpha value is -1.23. The number of rotatable bonds is 0. The lowest BCUT2D eigenvalue weighted by atomic mass is 10.1. The van der Waals surface area contributed by atoms with E-state index in [-0.39, 0.29) is 0 Å². The second-order valence-electron chi connectivity index (χ2n) is 4.03. The lowest BCUT2D eigenvalue weighted by molar-refractivity contribution is -0.137. The van der Waals surface area contributed by atoms with Crippen LogP contribution in [0.3, 0.4) is 0 Å². The third kappa shape index (κ3) is 2.29. The van der Waals surface area contributed by atoms with Crippen LogP contribution in [0.15, 0.2) is 18.2 Å². The smallest absolute Gasteiger partial charge is 0.383 e. The summed E-state index contributed by atoms with van der Waals surface area (Å²) in [5, 5.41) is 3.13. The molecule has 0 radical (unpaired) electrons. The lowest BCUT2D eigenvalue weighted by Crippen LogP contribution is -2.20. The molecular weight excluding hydrogens is 217 g/mol. The molecule has 0 saturated carbocycles. The minimum atomic E-state index is -4.26. The summed E-state index contributed by atoms with van der Waals surface area (Å²) in [6.45, 7) is 2.14. The molecule has 1 aliphatic heterocycles. The van der Waals surface area contributed by atoms with Crippen LogP contribution in [0.5, 0.6) is 0 Å². The molecule has 0 atom stereocenters. The van der Waals surface area contributed by atoms with E-state index >= 15 is 0 Å². The van der Waals surface area contributed by atoms with E-state index in [4.69, 9.17) is 0 Å². The maximum absolute atomic E-state index is 12.5. The van der Waals surface area contributed by atoms with E-state index in [1.807, 2.05) is 11.9 Å². The van der Waals surface area contributed by atoms with Crippen molar-refractivity contribution in [3.63, 3.8) is 0 Å². The SMILES string of the molecule is CN1CCNc2ccc(C(F)(F)F)cc2C1. The summed E-state index contributed by atoms with van der Waals surface area (Å²) in [6.07, 6.45) is -4.26. The highest BCUT2D eigenvalue weighted by Crippen LogP contribution is 2.32. The van der Waals surface area contributed by atoms with Crippen LogP contribution >= 0.6 is 0 Å². The molecule has 0 bridgehead atoms. The van der Waals surface area contributed by atoms with Gasteiger partial charge < -0.3 is 10.2 Å². The van der Waals surface area contributed by atoms with E-state index in [0.29, 0.717) is 12.1 Å². The van der Waals surface area contributed by atoms with Gasteiger partial charge in [0, 0.05) is 25.3 Å². The van der Waals surface area contributed by atoms with Crippen LogP contribution in [-0.4, -0.2) is 25.0 Å². The predicted octanol–water partition coefficient (Wildman–Crippen LogP) is 2.56. The zero-order valence-corrected chi connectivity index (χ0v) is 8.93. The van der Waals surface area contributed by atoms with Crippen LogP contribution in [0.2, 0.25) is 0 Å². The van der Waals surface area contributed by atoms with Gasteiger partial charge in [0.2, 0.25) is 0 Å². The summed E-state index contributed by atoms with van der Waals surface area (Å²) < 4.78 is 37.6. The molecule has 1 N–H and O–H groups in total. The first-order valence-corrected chi connectivity index (χ1v) is 5.09. The average molecular weight is 230 g/mol. The normalized spacial score (nSPS) is 17.5. The van der Waals surface area contributed by atoms with Crippen LogP contribution < -0.4 is 5.32 Å². The largest absolute Gasteiger partial charge is 0.416 e. The number of alkyl halides is 3. The van der Waals surface area contributed by atoms with E-state index in [0.717, 1.165) is 24.8 Å². The van der Waals surface area contributed by atoms with E-state index in [9.17, 15) is 13.2 Å². The number of anilines is 1. The zero-order valence-electron chi connectivity index (χ0n) is 8.93. The highest BCUT2D eigenvalue weighted by molar-refractivity contribution is 5.53. The third-order valence-corrected chi connectivity index (χ3v) is 2.68. The van der Waals surface area contributed by atoms with Crippen LogP contribution in [0, 0.1) is 0 Å². The number of hydrogen-bond donors (Lipinski definition) is 1. The quantitative estimate of drug-likeness (QED) is 0.736. The second kappa shape index (κ2) is 3.97. The molecule has 88 valence electrons. The Bertz CT molecular complexity index is 387. The van der Waals surface area contributed by atoms with Gasteiger partial charge in [-0.25, -0.2) is 0 Å². The summed E-state index contributed by atoms with van der Waals surface area (Å²) >= 11 is 0. The highest BCUT2D eigenvalue weighted by Gasteiger charge is 2.31.